The Morgan fingerprint density at radius 1 is 1.41 bits per heavy atom. The Balaban J connectivity index is 2.24. The third-order valence-corrected chi connectivity index (χ3v) is 5.14. The van der Waals surface area contributed by atoms with Crippen LogP contribution in [0.3, 0.4) is 0 Å². The molecule has 0 aromatic heterocycles. The van der Waals surface area contributed by atoms with Gasteiger partial charge in [-0.15, -0.1) is 0 Å². The molecule has 1 fully saturated rings. The van der Waals surface area contributed by atoms with Gasteiger partial charge in [-0.1, -0.05) is 13.8 Å². The highest BCUT2D eigenvalue weighted by atomic mass is 16.5. The van der Waals surface area contributed by atoms with E-state index < -0.39 is 0 Å². The Bertz CT molecular complexity index is 328. The third-order valence-electron chi connectivity index (χ3n) is 5.14. The summed E-state index contributed by atoms with van der Waals surface area (Å²) in [5.74, 6) is -0.0987. The summed E-state index contributed by atoms with van der Waals surface area (Å²) in [4.78, 5) is 13.7. The lowest BCUT2D eigenvalue weighted by atomic mass is 9.82. The van der Waals surface area contributed by atoms with Gasteiger partial charge in [0.1, 0.15) is 0 Å². The van der Waals surface area contributed by atoms with E-state index >= 15 is 0 Å². The Morgan fingerprint density at radius 3 is 2.55 bits per heavy atom. The first-order chi connectivity index (χ1) is 10.4. The first kappa shape index (κ1) is 19.4. The van der Waals surface area contributed by atoms with Gasteiger partial charge in [-0.05, 0) is 46.2 Å². The van der Waals surface area contributed by atoms with E-state index in [0.717, 1.165) is 45.4 Å². The van der Waals surface area contributed by atoms with Gasteiger partial charge in [0.15, 0.2) is 0 Å². The fourth-order valence-corrected chi connectivity index (χ4v) is 2.79. The highest BCUT2D eigenvalue weighted by molar-refractivity contribution is 5.69. The Kier molecular flexibility index (Phi) is 8.36. The molecular formula is C17H34N2O3. The molecule has 1 saturated heterocycles. The minimum Gasteiger partial charge on any atom is -0.466 e. The number of hydrogen-bond acceptors (Lipinski definition) is 5. The summed E-state index contributed by atoms with van der Waals surface area (Å²) >= 11 is 0. The van der Waals surface area contributed by atoms with Crippen LogP contribution in [0.15, 0.2) is 0 Å². The molecule has 5 heteroatoms. The third kappa shape index (κ3) is 6.23. The smallest absolute Gasteiger partial charge is 0.307 e. The van der Waals surface area contributed by atoms with Gasteiger partial charge in [0, 0.05) is 24.5 Å². The molecule has 2 atom stereocenters. The molecule has 22 heavy (non-hydrogen) atoms. The highest BCUT2D eigenvalue weighted by Crippen LogP contribution is 2.25. The van der Waals surface area contributed by atoms with Gasteiger partial charge < -0.3 is 20.1 Å². The maximum atomic E-state index is 11.4. The summed E-state index contributed by atoms with van der Waals surface area (Å²) < 4.78 is 4.96. The summed E-state index contributed by atoms with van der Waals surface area (Å²) in [5.41, 5.74) is -0.0545. The number of aliphatic hydroxyl groups is 1. The van der Waals surface area contributed by atoms with Gasteiger partial charge in [0.25, 0.3) is 0 Å². The summed E-state index contributed by atoms with van der Waals surface area (Å²) in [5, 5.41) is 13.5. The lowest BCUT2D eigenvalue weighted by Gasteiger charge is -2.37. The molecule has 2 N–H and O–H groups in total. The second-order valence-corrected chi connectivity index (χ2v) is 6.74. The van der Waals surface area contributed by atoms with Crippen molar-refractivity contribution in [1.82, 2.24) is 10.2 Å². The first-order valence-electron chi connectivity index (χ1n) is 8.70. The van der Waals surface area contributed by atoms with Gasteiger partial charge in [-0.2, -0.15) is 0 Å². The van der Waals surface area contributed by atoms with E-state index in [2.05, 4.69) is 24.1 Å². The van der Waals surface area contributed by atoms with Crippen LogP contribution in [-0.4, -0.2) is 60.9 Å². The molecule has 0 spiro atoms. The molecule has 0 saturated carbocycles. The summed E-state index contributed by atoms with van der Waals surface area (Å²) in [6, 6.07) is 0.517. The monoisotopic (exact) mass is 314 g/mol. The maximum Gasteiger partial charge on any atom is 0.307 e. The summed E-state index contributed by atoms with van der Waals surface area (Å²) in [7, 11) is 0. The molecule has 0 bridgehead atoms. The van der Waals surface area contributed by atoms with Crippen LogP contribution in [0, 0.1) is 5.41 Å². The van der Waals surface area contributed by atoms with Gasteiger partial charge in [0.2, 0.25) is 0 Å². The van der Waals surface area contributed by atoms with Crippen molar-refractivity contribution in [3.05, 3.63) is 0 Å². The van der Waals surface area contributed by atoms with Crippen molar-refractivity contribution in [1.29, 1.82) is 0 Å². The van der Waals surface area contributed by atoms with E-state index in [-0.39, 0.29) is 17.5 Å². The molecule has 1 aliphatic rings. The van der Waals surface area contributed by atoms with Gasteiger partial charge in [-0.25, -0.2) is 0 Å². The number of ether oxygens (including phenoxy) is 1. The van der Waals surface area contributed by atoms with Crippen molar-refractivity contribution in [2.75, 3.05) is 32.8 Å². The molecule has 0 aromatic rings. The van der Waals surface area contributed by atoms with Crippen LogP contribution >= 0.6 is 0 Å². The van der Waals surface area contributed by atoms with Crippen molar-refractivity contribution in [2.45, 2.75) is 65.5 Å². The van der Waals surface area contributed by atoms with Crippen molar-refractivity contribution < 1.29 is 14.6 Å². The molecule has 0 radical (unpaired) electrons. The maximum absolute atomic E-state index is 11.4. The fraction of sp³-hybridized carbons (Fsp3) is 0.941. The lowest BCUT2D eigenvalue weighted by Crippen LogP contribution is -2.48. The zero-order valence-corrected chi connectivity index (χ0v) is 14.7. The van der Waals surface area contributed by atoms with Gasteiger partial charge in [-0.3, -0.25) is 4.79 Å². The molecule has 0 aliphatic carbocycles. The Labute approximate surface area is 135 Å². The molecule has 0 aromatic carbocycles. The standard InChI is InChI=1S/C17H34N2O3/c1-5-17(4,14(3)20)13-18-15-7-10-19(11-8-15)12-9-16(21)22-6-2/h14-15,18,20H,5-13H2,1-4H3/t14-,17-/m1/s1. The van der Waals surface area contributed by atoms with E-state index in [1.54, 1.807) is 0 Å². The Hall–Kier alpha value is -0.650. The van der Waals surface area contributed by atoms with Crippen molar-refractivity contribution in [3.63, 3.8) is 0 Å². The normalized spacial score (nSPS) is 21.3. The molecule has 1 rings (SSSR count). The van der Waals surface area contributed by atoms with Crippen molar-refractivity contribution in [3.8, 4) is 0 Å². The van der Waals surface area contributed by atoms with Gasteiger partial charge in [0.05, 0.1) is 19.1 Å². The van der Waals surface area contributed by atoms with Crippen LogP contribution in [0.1, 0.15) is 53.4 Å². The number of hydrogen-bond donors (Lipinski definition) is 2. The van der Waals surface area contributed by atoms with Crippen LogP contribution in [0.4, 0.5) is 0 Å². The minimum atomic E-state index is -0.297. The largest absolute Gasteiger partial charge is 0.466 e. The number of esters is 1. The average molecular weight is 314 g/mol. The second kappa shape index (κ2) is 9.48. The van der Waals surface area contributed by atoms with Crippen LogP contribution in [0.5, 0.6) is 0 Å². The molecular weight excluding hydrogens is 280 g/mol. The second-order valence-electron chi connectivity index (χ2n) is 6.74. The number of piperidine rings is 1. The fourth-order valence-electron chi connectivity index (χ4n) is 2.79. The number of carbonyl (C=O) groups is 1. The number of nitrogens with one attached hydrogen (secondary N) is 1. The van der Waals surface area contributed by atoms with E-state index in [4.69, 9.17) is 4.74 Å². The molecule has 5 nitrogen and oxygen atoms in total. The van der Waals surface area contributed by atoms with E-state index in [1.807, 2.05) is 13.8 Å². The predicted molar refractivity (Wildman–Crippen MR) is 88.8 cm³/mol. The number of rotatable bonds is 9. The predicted octanol–water partition coefficient (Wildman–Crippen LogP) is 1.79. The molecule has 0 amide bonds. The zero-order valence-electron chi connectivity index (χ0n) is 14.7. The lowest BCUT2D eigenvalue weighted by molar-refractivity contribution is -0.143. The van der Waals surface area contributed by atoms with Crippen LogP contribution in [0.25, 0.3) is 0 Å². The van der Waals surface area contributed by atoms with Crippen molar-refractivity contribution >= 4 is 5.97 Å². The van der Waals surface area contributed by atoms with Crippen LogP contribution in [0.2, 0.25) is 0 Å². The number of likely N-dealkylation sites (tertiary alicyclic amines) is 1. The zero-order chi connectivity index (χ0) is 16.6. The topological polar surface area (TPSA) is 61.8 Å². The Morgan fingerprint density at radius 2 is 2.05 bits per heavy atom. The van der Waals surface area contributed by atoms with Crippen molar-refractivity contribution in [2.24, 2.45) is 5.41 Å². The molecule has 1 heterocycles. The minimum absolute atomic E-state index is 0.0545. The summed E-state index contributed by atoms with van der Waals surface area (Å²) in [6.45, 7) is 12.1. The summed E-state index contributed by atoms with van der Waals surface area (Å²) in [6.07, 6.45) is 3.36. The van der Waals surface area contributed by atoms with Crippen LogP contribution in [-0.2, 0) is 9.53 Å². The van der Waals surface area contributed by atoms with E-state index in [1.165, 1.54) is 0 Å². The van der Waals surface area contributed by atoms with E-state index in [9.17, 15) is 9.90 Å². The molecule has 0 unspecified atom stereocenters. The first-order valence-corrected chi connectivity index (χ1v) is 8.70. The number of carbonyl (C=O) groups excluding carboxylic acids is 1. The highest BCUT2D eigenvalue weighted by Gasteiger charge is 2.29. The van der Waals surface area contributed by atoms with Gasteiger partial charge >= 0.3 is 5.97 Å². The quantitative estimate of drug-likeness (QED) is 0.635. The number of nitrogens with zero attached hydrogens (tertiary/aromatic N) is 1. The molecule has 1 aliphatic heterocycles. The van der Waals surface area contributed by atoms with E-state index in [0.29, 0.717) is 19.1 Å². The average Bonchev–Trinajstić information content (AvgIpc) is 2.51. The molecule has 130 valence electrons. The van der Waals surface area contributed by atoms with Crippen LogP contribution < -0.4 is 5.32 Å². The SMILES string of the molecule is CCOC(=O)CCN1CCC(NC[C@@](C)(CC)[C@@H](C)O)CC1. The number of aliphatic hydroxyl groups excluding tert-OH is 1.